The molecule has 0 saturated heterocycles. The van der Waals surface area contributed by atoms with Crippen LogP contribution in [0.1, 0.15) is 4.88 Å². The van der Waals surface area contributed by atoms with Gasteiger partial charge in [0, 0.05) is 6.54 Å². The standard InChI is InChI=1S/C13H12N2O2S/c1-2-8-15-12(16)11(18-13(15)17)9-14-10-6-4-3-5-7-10/h2-7,9,16H,1,8H2. The summed E-state index contributed by atoms with van der Waals surface area (Å²) < 4.78 is 1.25. The molecule has 0 unspecified atom stereocenters. The highest BCUT2D eigenvalue weighted by Crippen LogP contribution is 2.19. The van der Waals surface area contributed by atoms with Crippen LogP contribution in [0.4, 0.5) is 5.69 Å². The minimum atomic E-state index is -0.220. The molecule has 0 saturated carbocycles. The molecule has 0 aliphatic heterocycles. The molecule has 1 heterocycles. The maximum atomic E-state index is 11.6. The van der Waals surface area contributed by atoms with Crippen LogP contribution in [-0.2, 0) is 6.54 Å². The van der Waals surface area contributed by atoms with Gasteiger partial charge in [0.1, 0.15) is 4.88 Å². The molecule has 0 radical (unpaired) electrons. The molecule has 2 aromatic rings. The number of rotatable bonds is 4. The number of hydrogen-bond donors (Lipinski definition) is 1. The monoisotopic (exact) mass is 260 g/mol. The molecule has 0 amide bonds. The number of thiazole rings is 1. The van der Waals surface area contributed by atoms with Gasteiger partial charge in [0.15, 0.2) is 0 Å². The number of nitrogens with zero attached hydrogens (tertiary/aromatic N) is 2. The lowest BCUT2D eigenvalue weighted by molar-refractivity contribution is 0.422. The van der Waals surface area contributed by atoms with E-state index < -0.39 is 0 Å². The van der Waals surface area contributed by atoms with Gasteiger partial charge in [-0.1, -0.05) is 35.6 Å². The van der Waals surface area contributed by atoms with Gasteiger partial charge >= 0.3 is 4.87 Å². The van der Waals surface area contributed by atoms with Crippen LogP contribution in [0.3, 0.4) is 0 Å². The Morgan fingerprint density at radius 2 is 2.11 bits per heavy atom. The molecular formula is C13H12N2O2S. The predicted octanol–water partition coefficient (Wildman–Crippen LogP) is 2.55. The fourth-order valence-electron chi connectivity index (χ4n) is 1.44. The SMILES string of the molecule is C=CCn1c(O)c(C=Nc2ccccc2)sc1=O. The summed E-state index contributed by atoms with van der Waals surface area (Å²) in [5.41, 5.74) is 0.771. The first-order valence-corrected chi connectivity index (χ1v) is 6.16. The van der Waals surface area contributed by atoms with Crippen molar-refractivity contribution in [3.8, 4) is 5.88 Å². The largest absolute Gasteiger partial charge is 0.493 e. The van der Waals surface area contributed by atoms with E-state index in [2.05, 4.69) is 11.6 Å². The maximum Gasteiger partial charge on any atom is 0.310 e. The number of para-hydroxylation sites is 1. The summed E-state index contributed by atoms with van der Waals surface area (Å²) in [6.07, 6.45) is 3.06. The van der Waals surface area contributed by atoms with Crippen LogP contribution in [0.2, 0.25) is 0 Å². The van der Waals surface area contributed by atoms with Crippen molar-refractivity contribution in [1.82, 2.24) is 4.57 Å². The molecule has 1 aromatic carbocycles. The molecule has 5 heteroatoms. The molecule has 0 fully saturated rings. The highest BCUT2D eigenvalue weighted by atomic mass is 32.1. The van der Waals surface area contributed by atoms with Crippen molar-refractivity contribution in [2.24, 2.45) is 4.99 Å². The van der Waals surface area contributed by atoms with Crippen LogP contribution < -0.4 is 4.87 Å². The first-order chi connectivity index (χ1) is 8.72. The second kappa shape index (κ2) is 5.46. The molecular weight excluding hydrogens is 248 g/mol. The van der Waals surface area contributed by atoms with Crippen molar-refractivity contribution >= 4 is 23.2 Å². The van der Waals surface area contributed by atoms with Crippen molar-refractivity contribution in [1.29, 1.82) is 0 Å². The first kappa shape index (κ1) is 12.3. The number of hydrogen-bond acceptors (Lipinski definition) is 4. The number of allylic oxidation sites excluding steroid dienone is 1. The number of aromatic hydroxyl groups is 1. The van der Waals surface area contributed by atoms with Crippen LogP contribution in [0.25, 0.3) is 0 Å². The molecule has 92 valence electrons. The van der Waals surface area contributed by atoms with Gasteiger partial charge in [-0.25, -0.2) is 0 Å². The normalized spacial score (nSPS) is 10.9. The number of aromatic nitrogens is 1. The lowest BCUT2D eigenvalue weighted by atomic mass is 10.3. The van der Waals surface area contributed by atoms with E-state index in [0.717, 1.165) is 17.0 Å². The third kappa shape index (κ3) is 2.57. The third-order valence-electron chi connectivity index (χ3n) is 2.29. The maximum absolute atomic E-state index is 11.6. The van der Waals surface area contributed by atoms with Crippen molar-refractivity contribution in [2.75, 3.05) is 0 Å². The molecule has 2 rings (SSSR count). The predicted molar refractivity (Wildman–Crippen MR) is 74.1 cm³/mol. The van der Waals surface area contributed by atoms with E-state index in [0.29, 0.717) is 11.4 Å². The lowest BCUT2D eigenvalue weighted by Crippen LogP contribution is -2.10. The Morgan fingerprint density at radius 1 is 1.39 bits per heavy atom. The summed E-state index contributed by atoms with van der Waals surface area (Å²) in [5.74, 6) is -0.0652. The quantitative estimate of drug-likeness (QED) is 0.678. The van der Waals surface area contributed by atoms with Crippen molar-refractivity contribution in [3.05, 3.63) is 57.5 Å². The summed E-state index contributed by atoms with van der Waals surface area (Å²) in [5, 5.41) is 9.85. The van der Waals surface area contributed by atoms with Crippen molar-refractivity contribution in [2.45, 2.75) is 6.54 Å². The van der Waals surface area contributed by atoms with Crippen molar-refractivity contribution in [3.63, 3.8) is 0 Å². The Balaban J connectivity index is 2.30. The summed E-state index contributed by atoms with van der Waals surface area (Å²) in [6, 6.07) is 9.33. The summed E-state index contributed by atoms with van der Waals surface area (Å²) in [6.45, 7) is 3.83. The zero-order valence-corrected chi connectivity index (χ0v) is 10.4. The molecule has 0 aliphatic carbocycles. The minimum Gasteiger partial charge on any atom is -0.493 e. The van der Waals surface area contributed by atoms with Gasteiger partial charge < -0.3 is 5.11 Å². The Bertz CT molecular complexity index is 626. The first-order valence-electron chi connectivity index (χ1n) is 5.35. The van der Waals surface area contributed by atoms with Crippen LogP contribution in [-0.4, -0.2) is 15.9 Å². The van der Waals surface area contributed by atoms with Crippen LogP contribution in [0.15, 0.2) is 52.8 Å². The molecule has 1 aromatic heterocycles. The number of benzene rings is 1. The van der Waals surface area contributed by atoms with Crippen molar-refractivity contribution < 1.29 is 5.11 Å². The zero-order chi connectivity index (χ0) is 13.0. The third-order valence-corrected chi connectivity index (χ3v) is 3.20. The Morgan fingerprint density at radius 3 is 2.78 bits per heavy atom. The molecule has 0 aliphatic rings. The van der Waals surface area contributed by atoms with E-state index in [-0.39, 0.29) is 10.8 Å². The van der Waals surface area contributed by atoms with Gasteiger partial charge in [0.2, 0.25) is 5.88 Å². The fraction of sp³-hybridized carbons (Fsp3) is 0.0769. The van der Waals surface area contributed by atoms with Gasteiger partial charge in [-0.15, -0.1) is 6.58 Å². The van der Waals surface area contributed by atoms with Crippen LogP contribution in [0.5, 0.6) is 5.88 Å². The van der Waals surface area contributed by atoms with Gasteiger partial charge in [-0.3, -0.25) is 14.4 Å². The molecule has 0 spiro atoms. The van der Waals surface area contributed by atoms with E-state index in [1.54, 1.807) is 6.08 Å². The molecule has 18 heavy (non-hydrogen) atoms. The second-order valence-corrected chi connectivity index (χ2v) is 4.54. The lowest BCUT2D eigenvalue weighted by Gasteiger charge is -1.97. The van der Waals surface area contributed by atoms with E-state index in [9.17, 15) is 9.90 Å². The van der Waals surface area contributed by atoms with Crippen LogP contribution >= 0.6 is 11.3 Å². The molecule has 0 atom stereocenters. The van der Waals surface area contributed by atoms with Gasteiger partial charge in [-0.2, -0.15) is 0 Å². The average molecular weight is 260 g/mol. The summed E-state index contributed by atoms with van der Waals surface area (Å²) in [4.78, 5) is 16.0. The fourth-order valence-corrected chi connectivity index (χ4v) is 2.20. The average Bonchev–Trinajstić information content (AvgIpc) is 2.66. The summed E-state index contributed by atoms with van der Waals surface area (Å²) in [7, 11) is 0. The van der Waals surface area contributed by atoms with Gasteiger partial charge in [0.05, 0.1) is 11.9 Å². The summed E-state index contributed by atoms with van der Waals surface area (Å²) >= 11 is 0.961. The Hall–Kier alpha value is -2.14. The Kier molecular flexibility index (Phi) is 3.74. The molecule has 1 N–H and O–H groups in total. The van der Waals surface area contributed by atoms with Gasteiger partial charge in [0.25, 0.3) is 0 Å². The van der Waals surface area contributed by atoms with E-state index in [1.165, 1.54) is 10.8 Å². The molecule has 0 bridgehead atoms. The topological polar surface area (TPSA) is 54.6 Å². The number of aliphatic imine (C=N–C) groups is 1. The highest BCUT2D eigenvalue weighted by Gasteiger charge is 2.10. The Labute approximate surface area is 108 Å². The van der Waals surface area contributed by atoms with Gasteiger partial charge in [-0.05, 0) is 12.1 Å². The van der Waals surface area contributed by atoms with E-state index in [4.69, 9.17) is 0 Å². The van der Waals surface area contributed by atoms with Crippen LogP contribution in [0, 0.1) is 0 Å². The van der Waals surface area contributed by atoms with E-state index in [1.807, 2.05) is 30.3 Å². The smallest absolute Gasteiger partial charge is 0.310 e. The highest BCUT2D eigenvalue weighted by molar-refractivity contribution is 7.11. The zero-order valence-electron chi connectivity index (χ0n) is 9.61. The van der Waals surface area contributed by atoms with E-state index >= 15 is 0 Å². The molecule has 4 nitrogen and oxygen atoms in total. The minimum absolute atomic E-state index is 0.0652. The second-order valence-electron chi connectivity index (χ2n) is 3.55.